The summed E-state index contributed by atoms with van der Waals surface area (Å²) >= 11 is 0. The molecule has 5 heteroatoms. The van der Waals surface area contributed by atoms with Crippen LogP contribution in [0.5, 0.6) is 0 Å². The van der Waals surface area contributed by atoms with Gasteiger partial charge in [0.1, 0.15) is 6.04 Å². The van der Waals surface area contributed by atoms with E-state index in [9.17, 15) is 9.59 Å². The Kier molecular flexibility index (Phi) is 5.25. The van der Waals surface area contributed by atoms with Gasteiger partial charge < -0.3 is 15.4 Å². The molecule has 1 amide bonds. The fraction of sp³-hybridized carbons (Fsp3) is 0.875. The second kappa shape index (κ2) is 6.77. The molecule has 0 bridgehead atoms. The lowest BCUT2D eigenvalue weighted by molar-refractivity contribution is -0.160. The number of esters is 1. The van der Waals surface area contributed by atoms with Crippen LogP contribution in [0.25, 0.3) is 0 Å². The standard InChI is InChI=1S/C16H28N2O3/c1-12-6-8-16(11-17,9-7-12)15(20)18-10-4-3-5-13(18)14(19)21-2/h12-13H,3-11,17H2,1-2H3. The molecule has 1 aliphatic carbocycles. The van der Waals surface area contributed by atoms with Crippen molar-refractivity contribution in [2.24, 2.45) is 17.1 Å². The molecule has 1 atom stereocenters. The van der Waals surface area contributed by atoms with E-state index >= 15 is 0 Å². The SMILES string of the molecule is COC(=O)C1CCCCN1C(=O)C1(CN)CCC(C)CC1. The quantitative estimate of drug-likeness (QED) is 0.805. The maximum absolute atomic E-state index is 13.1. The van der Waals surface area contributed by atoms with Crippen molar-refractivity contribution >= 4 is 11.9 Å². The molecule has 5 nitrogen and oxygen atoms in total. The zero-order valence-corrected chi connectivity index (χ0v) is 13.3. The molecule has 0 aromatic rings. The number of hydrogen-bond acceptors (Lipinski definition) is 4. The van der Waals surface area contributed by atoms with Crippen molar-refractivity contribution < 1.29 is 14.3 Å². The summed E-state index contributed by atoms with van der Waals surface area (Å²) in [6.07, 6.45) is 6.39. The molecule has 1 saturated carbocycles. The highest BCUT2D eigenvalue weighted by atomic mass is 16.5. The third-order valence-corrected chi connectivity index (χ3v) is 5.31. The Morgan fingerprint density at radius 1 is 1.24 bits per heavy atom. The Labute approximate surface area is 127 Å². The number of carbonyl (C=O) groups excluding carboxylic acids is 2. The summed E-state index contributed by atoms with van der Waals surface area (Å²) in [5, 5.41) is 0. The zero-order chi connectivity index (χ0) is 15.5. The summed E-state index contributed by atoms with van der Waals surface area (Å²) < 4.78 is 4.88. The minimum absolute atomic E-state index is 0.0759. The number of rotatable bonds is 3. The molecule has 120 valence electrons. The van der Waals surface area contributed by atoms with E-state index in [1.54, 1.807) is 4.90 Å². The second-order valence-corrected chi connectivity index (χ2v) is 6.70. The zero-order valence-electron chi connectivity index (χ0n) is 13.3. The van der Waals surface area contributed by atoms with Gasteiger partial charge in [-0.25, -0.2) is 4.79 Å². The maximum atomic E-state index is 13.1. The largest absolute Gasteiger partial charge is 0.467 e. The van der Waals surface area contributed by atoms with Gasteiger partial charge in [0.2, 0.25) is 5.91 Å². The van der Waals surface area contributed by atoms with Crippen molar-refractivity contribution in [3.8, 4) is 0 Å². The molecule has 1 unspecified atom stereocenters. The highest BCUT2D eigenvalue weighted by Gasteiger charge is 2.45. The maximum Gasteiger partial charge on any atom is 0.328 e. The summed E-state index contributed by atoms with van der Waals surface area (Å²) in [5.41, 5.74) is 5.52. The van der Waals surface area contributed by atoms with Crippen molar-refractivity contribution in [1.82, 2.24) is 4.90 Å². The summed E-state index contributed by atoms with van der Waals surface area (Å²) in [6.45, 7) is 3.25. The lowest BCUT2D eigenvalue weighted by Crippen LogP contribution is -2.56. The molecule has 2 fully saturated rings. The average Bonchev–Trinajstić information content (AvgIpc) is 2.54. The smallest absolute Gasteiger partial charge is 0.328 e. The van der Waals surface area contributed by atoms with Gasteiger partial charge in [-0.3, -0.25) is 4.79 Å². The number of likely N-dealkylation sites (tertiary alicyclic amines) is 1. The van der Waals surface area contributed by atoms with E-state index in [0.29, 0.717) is 25.4 Å². The molecular formula is C16H28N2O3. The molecule has 0 aromatic heterocycles. The fourth-order valence-corrected chi connectivity index (χ4v) is 3.68. The van der Waals surface area contributed by atoms with Gasteiger partial charge in [0.25, 0.3) is 0 Å². The molecule has 21 heavy (non-hydrogen) atoms. The number of methoxy groups -OCH3 is 1. The molecule has 1 heterocycles. The molecule has 1 saturated heterocycles. The van der Waals surface area contributed by atoms with E-state index < -0.39 is 11.5 Å². The summed E-state index contributed by atoms with van der Waals surface area (Å²) in [5.74, 6) is 0.446. The highest BCUT2D eigenvalue weighted by molar-refractivity contribution is 5.88. The number of nitrogens with two attached hydrogens (primary N) is 1. The van der Waals surface area contributed by atoms with Crippen molar-refractivity contribution in [2.75, 3.05) is 20.2 Å². The molecule has 0 spiro atoms. The van der Waals surface area contributed by atoms with Gasteiger partial charge in [0, 0.05) is 13.1 Å². The van der Waals surface area contributed by atoms with Crippen LogP contribution in [0.15, 0.2) is 0 Å². The van der Waals surface area contributed by atoms with Crippen molar-refractivity contribution in [3.05, 3.63) is 0 Å². The van der Waals surface area contributed by atoms with E-state index in [1.807, 2.05) is 0 Å². The van der Waals surface area contributed by atoms with E-state index in [0.717, 1.165) is 38.5 Å². The van der Waals surface area contributed by atoms with Crippen molar-refractivity contribution in [3.63, 3.8) is 0 Å². The molecule has 2 N–H and O–H groups in total. The van der Waals surface area contributed by atoms with Gasteiger partial charge in [-0.05, 0) is 50.9 Å². The first-order valence-electron chi connectivity index (χ1n) is 8.13. The van der Waals surface area contributed by atoms with E-state index in [4.69, 9.17) is 10.5 Å². The third-order valence-electron chi connectivity index (χ3n) is 5.31. The predicted molar refractivity (Wildman–Crippen MR) is 80.5 cm³/mol. The molecular weight excluding hydrogens is 268 g/mol. The Morgan fingerprint density at radius 2 is 1.90 bits per heavy atom. The lowest BCUT2D eigenvalue weighted by Gasteiger charge is -2.44. The van der Waals surface area contributed by atoms with Crippen LogP contribution in [0, 0.1) is 11.3 Å². The van der Waals surface area contributed by atoms with Gasteiger partial charge in [0.15, 0.2) is 0 Å². The van der Waals surface area contributed by atoms with Crippen LogP contribution in [0.4, 0.5) is 0 Å². The number of hydrogen-bond donors (Lipinski definition) is 1. The van der Waals surface area contributed by atoms with E-state index in [1.165, 1.54) is 7.11 Å². The third kappa shape index (κ3) is 3.23. The monoisotopic (exact) mass is 296 g/mol. The van der Waals surface area contributed by atoms with Gasteiger partial charge >= 0.3 is 5.97 Å². The Bertz CT molecular complexity index is 389. The first-order valence-corrected chi connectivity index (χ1v) is 8.13. The molecule has 2 aliphatic rings. The minimum Gasteiger partial charge on any atom is -0.467 e. The fourth-order valence-electron chi connectivity index (χ4n) is 3.68. The van der Waals surface area contributed by atoms with Crippen molar-refractivity contribution in [2.45, 2.75) is 57.9 Å². The summed E-state index contributed by atoms with van der Waals surface area (Å²) in [6, 6.07) is -0.418. The van der Waals surface area contributed by atoms with Gasteiger partial charge in [-0.15, -0.1) is 0 Å². The van der Waals surface area contributed by atoms with Crippen LogP contribution in [-0.4, -0.2) is 43.0 Å². The van der Waals surface area contributed by atoms with E-state index in [2.05, 4.69) is 6.92 Å². The van der Waals surface area contributed by atoms with Gasteiger partial charge in [-0.1, -0.05) is 6.92 Å². The molecule has 0 radical (unpaired) electrons. The van der Waals surface area contributed by atoms with Crippen LogP contribution in [0.1, 0.15) is 51.9 Å². The molecule has 1 aliphatic heterocycles. The lowest BCUT2D eigenvalue weighted by atomic mass is 9.69. The number of nitrogens with zero attached hydrogens (tertiary/aromatic N) is 1. The number of ether oxygens (including phenoxy) is 1. The molecule has 0 aromatic carbocycles. The normalized spacial score (nSPS) is 33.6. The second-order valence-electron chi connectivity index (χ2n) is 6.70. The van der Waals surface area contributed by atoms with Crippen LogP contribution in [0.2, 0.25) is 0 Å². The number of piperidine rings is 1. The topological polar surface area (TPSA) is 72.6 Å². The van der Waals surface area contributed by atoms with Gasteiger partial charge in [0.05, 0.1) is 12.5 Å². The number of carbonyl (C=O) groups is 2. The number of amides is 1. The van der Waals surface area contributed by atoms with E-state index in [-0.39, 0.29) is 11.9 Å². The van der Waals surface area contributed by atoms with Crippen LogP contribution in [-0.2, 0) is 14.3 Å². The first-order chi connectivity index (χ1) is 10.0. The predicted octanol–water partition coefficient (Wildman–Crippen LogP) is 1.70. The minimum atomic E-state index is -0.462. The summed E-state index contributed by atoms with van der Waals surface area (Å²) in [4.78, 5) is 26.8. The Balaban J connectivity index is 2.17. The highest BCUT2D eigenvalue weighted by Crippen LogP contribution is 2.40. The molecule has 2 rings (SSSR count). The Morgan fingerprint density at radius 3 is 2.48 bits per heavy atom. The first kappa shape index (κ1) is 16.3. The average molecular weight is 296 g/mol. The summed E-state index contributed by atoms with van der Waals surface area (Å²) in [7, 11) is 1.39. The Hall–Kier alpha value is -1.10. The van der Waals surface area contributed by atoms with Crippen LogP contribution < -0.4 is 5.73 Å². The van der Waals surface area contributed by atoms with Gasteiger partial charge in [-0.2, -0.15) is 0 Å². The van der Waals surface area contributed by atoms with Crippen molar-refractivity contribution in [1.29, 1.82) is 0 Å². The van der Waals surface area contributed by atoms with Crippen LogP contribution in [0.3, 0.4) is 0 Å². The van der Waals surface area contributed by atoms with Crippen LogP contribution >= 0.6 is 0 Å².